The molecule has 0 amide bonds. The zero-order valence-corrected chi connectivity index (χ0v) is 12.7. The van der Waals surface area contributed by atoms with E-state index in [9.17, 15) is 18.3 Å². The van der Waals surface area contributed by atoms with Gasteiger partial charge < -0.3 is 5.11 Å². The van der Waals surface area contributed by atoms with Crippen LogP contribution in [0, 0.1) is 20.8 Å². The summed E-state index contributed by atoms with van der Waals surface area (Å²) in [5.41, 5.74) is 2.33. The third-order valence-electron chi connectivity index (χ3n) is 3.66. The van der Waals surface area contributed by atoms with E-state index in [0.717, 1.165) is 9.87 Å². The van der Waals surface area contributed by atoms with E-state index in [1.165, 1.54) is 0 Å². The zero-order chi connectivity index (χ0) is 15.1. The number of hydrogen-bond acceptors (Lipinski definition) is 3. The van der Waals surface area contributed by atoms with E-state index in [2.05, 4.69) is 0 Å². The van der Waals surface area contributed by atoms with Crippen LogP contribution in [0.25, 0.3) is 0 Å². The molecule has 0 bridgehead atoms. The highest BCUT2D eigenvalue weighted by atomic mass is 32.2. The fraction of sp³-hybridized carbons (Fsp3) is 0.500. The number of aryl methyl sites for hydroxylation is 3. The molecule has 6 heteroatoms. The van der Waals surface area contributed by atoms with Gasteiger partial charge in [-0.25, -0.2) is 8.42 Å². The van der Waals surface area contributed by atoms with Crippen LogP contribution in [0.1, 0.15) is 29.5 Å². The highest BCUT2D eigenvalue weighted by Crippen LogP contribution is 2.30. The standard InChI is InChI=1S/C14H19NO4S/c1-9-7-10(2)13(11(3)8-9)20(18,19)15-6-4-5-12(15)14(16)17/h7-8,12H,4-6H2,1-3H3,(H,16,17)/t12-/m1/s1. The molecule has 1 fully saturated rings. The SMILES string of the molecule is Cc1cc(C)c(S(=O)(=O)N2CCC[C@@H]2C(=O)O)c(C)c1. The quantitative estimate of drug-likeness (QED) is 0.924. The van der Waals surface area contributed by atoms with Crippen molar-refractivity contribution in [2.75, 3.05) is 6.54 Å². The van der Waals surface area contributed by atoms with Crippen molar-refractivity contribution in [3.05, 3.63) is 28.8 Å². The van der Waals surface area contributed by atoms with Crippen molar-refractivity contribution in [1.82, 2.24) is 4.31 Å². The average molecular weight is 297 g/mol. The molecule has 5 nitrogen and oxygen atoms in total. The van der Waals surface area contributed by atoms with Crippen LogP contribution >= 0.6 is 0 Å². The van der Waals surface area contributed by atoms with Gasteiger partial charge in [0.1, 0.15) is 6.04 Å². The van der Waals surface area contributed by atoms with E-state index in [1.54, 1.807) is 13.8 Å². The molecule has 1 aliphatic rings. The molecule has 1 aromatic carbocycles. The number of carboxylic acid groups (broad SMARTS) is 1. The first-order chi connectivity index (χ1) is 9.25. The van der Waals surface area contributed by atoms with E-state index < -0.39 is 22.0 Å². The highest BCUT2D eigenvalue weighted by Gasteiger charge is 2.40. The Morgan fingerprint density at radius 2 is 1.80 bits per heavy atom. The van der Waals surface area contributed by atoms with Crippen molar-refractivity contribution in [2.45, 2.75) is 44.6 Å². The third-order valence-corrected chi connectivity index (χ3v) is 5.87. The van der Waals surface area contributed by atoms with Gasteiger partial charge in [-0.05, 0) is 44.7 Å². The van der Waals surface area contributed by atoms with E-state index in [-0.39, 0.29) is 11.4 Å². The van der Waals surface area contributed by atoms with Gasteiger partial charge in [0.15, 0.2) is 0 Å². The Balaban J connectivity index is 2.54. The summed E-state index contributed by atoms with van der Waals surface area (Å²) in [6, 6.07) is 2.68. The second-order valence-corrected chi connectivity index (χ2v) is 7.17. The number of sulfonamides is 1. The van der Waals surface area contributed by atoms with E-state index in [4.69, 9.17) is 0 Å². The Kier molecular flexibility index (Phi) is 3.88. The third kappa shape index (κ3) is 2.45. The molecule has 0 saturated carbocycles. The molecule has 1 N–H and O–H groups in total. The topological polar surface area (TPSA) is 74.7 Å². The van der Waals surface area contributed by atoms with Crippen LogP contribution in [0.15, 0.2) is 17.0 Å². The molecule has 1 atom stereocenters. The number of benzene rings is 1. The molecule has 0 unspecified atom stereocenters. The zero-order valence-electron chi connectivity index (χ0n) is 11.9. The van der Waals surface area contributed by atoms with Crippen LogP contribution in [0.5, 0.6) is 0 Å². The second-order valence-electron chi connectivity index (χ2n) is 5.34. The molecule has 0 aromatic heterocycles. The van der Waals surface area contributed by atoms with Crippen LogP contribution < -0.4 is 0 Å². The van der Waals surface area contributed by atoms with E-state index in [1.807, 2.05) is 19.1 Å². The molecule has 1 heterocycles. The van der Waals surface area contributed by atoms with Gasteiger partial charge in [0, 0.05) is 6.54 Å². The summed E-state index contributed by atoms with van der Waals surface area (Å²) in [6.45, 7) is 5.68. The van der Waals surface area contributed by atoms with Crippen LogP contribution in [0.2, 0.25) is 0 Å². The Morgan fingerprint density at radius 3 is 2.30 bits per heavy atom. The minimum absolute atomic E-state index is 0.247. The van der Waals surface area contributed by atoms with Crippen molar-refractivity contribution in [1.29, 1.82) is 0 Å². The Morgan fingerprint density at radius 1 is 1.25 bits per heavy atom. The molecule has 0 radical (unpaired) electrons. The van der Waals surface area contributed by atoms with Gasteiger partial charge in [0.25, 0.3) is 0 Å². The van der Waals surface area contributed by atoms with E-state index >= 15 is 0 Å². The summed E-state index contributed by atoms with van der Waals surface area (Å²) in [5, 5.41) is 9.17. The normalized spacial score (nSPS) is 20.2. The largest absolute Gasteiger partial charge is 0.480 e. The maximum atomic E-state index is 12.8. The van der Waals surface area contributed by atoms with E-state index in [0.29, 0.717) is 24.0 Å². The minimum atomic E-state index is -3.76. The maximum absolute atomic E-state index is 12.8. The van der Waals surface area contributed by atoms with Gasteiger partial charge in [-0.15, -0.1) is 0 Å². The predicted molar refractivity (Wildman–Crippen MR) is 75.2 cm³/mol. The van der Waals surface area contributed by atoms with Crippen molar-refractivity contribution < 1.29 is 18.3 Å². The first kappa shape index (κ1) is 15.0. The smallest absolute Gasteiger partial charge is 0.322 e. The van der Waals surface area contributed by atoms with Crippen molar-refractivity contribution in [3.63, 3.8) is 0 Å². The number of carbonyl (C=O) groups is 1. The molecular weight excluding hydrogens is 278 g/mol. The number of aliphatic carboxylic acids is 1. The highest BCUT2D eigenvalue weighted by molar-refractivity contribution is 7.89. The lowest BCUT2D eigenvalue weighted by Crippen LogP contribution is -2.40. The molecule has 2 rings (SSSR count). The molecule has 20 heavy (non-hydrogen) atoms. The van der Waals surface area contributed by atoms with Crippen LogP contribution in [0.4, 0.5) is 0 Å². The van der Waals surface area contributed by atoms with Crippen LogP contribution in [-0.4, -0.2) is 36.4 Å². The average Bonchev–Trinajstić information content (AvgIpc) is 2.75. The second kappa shape index (κ2) is 5.18. The molecule has 1 saturated heterocycles. The molecule has 1 aliphatic heterocycles. The van der Waals surface area contributed by atoms with Crippen molar-refractivity contribution in [3.8, 4) is 0 Å². The monoisotopic (exact) mass is 297 g/mol. The summed E-state index contributed by atoms with van der Waals surface area (Å²) >= 11 is 0. The van der Waals surface area contributed by atoms with Gasteiger partial charge in [0.05, 0.1) is 4.90 Å². The number of hydrogen-bond donors (Lipinski definition) is 1. The fourth-order valence-electron chi connectivity index (χ4n) is 2.97. The van der Waals surface area contributed by atoms with Gasteiger partial charge in [-0.3, -0.25) is 4.79 Å². The number of rotatable bonds is 3. The Bertz CT molecular complexity index is 628. The maximum Gasteiger partial charge on any atom is 0.322 e. The summed E-state index contributed by atoms with van der Waals surface area (Å²) in [6.07, 6.45) is 0.957. The first-order valence-electron chi connectivity index (χ1n) is 6.57. The fourth-order valence-corrected chi connectivity index (χ4v) is 5.03. The summed E-state index contributed by atoms with van der Waals surface area (Å²) in [4.78, 5) is 11.5. The lowest BCUT2D eigenvalue weighted by molar-refractivity contribution is -0.140. The number of carboxylic acids is 1. The summed E-state index contributed by atoms with van der Waals surface area (Å²) < 4.78 is 26.7. The predicted octanol–water partition coefficient (Wildman–Crippen LogP) is 1.85. The van der Waals surface area contributed by atoms with Gasteiger partial charge >= 0.3 is 5.97 Å². The minimum Gasteiger partial charge on any atom is -0.480 e. The molecule has 0 spiro atoms. The van der Waals surface area contributed by atoms with Gasteiger partial charge in [0.2, 0.25) is 10.0 Å². The Hall–Kier alpha value is -1.40. The molecular formula is C14H19NO4S. The van der Waals surface area contributed by atoms with Gasteiger partial charge in [-0.1, -0.05) is 17.7 Å². The van der Waals surface area contributed by atoms with Crippen molar-refractivity contribution in [2.24, 2.45) is 0 Å². The lowest BCUT2D eigenvalue weighted by atomic mass is 10.1. The molecule has 1 aromatic rings. The van der Waals surface area contributed by atoms with Crippen LogP contribution in [-0.2, 0) is 14.8 Å². The number of nitrogens with zero attached hydrogens (tertiary/aromatic N) is 1. The van der Waals surface area contributed by atoms with Crippen LogP contribution in [0.3, 0.4) is 0 Å². The lowest BCUT2D eigenvalue weighted by Gasteiger charge is -2.23. The summed E-state index contributed by atoms with van der Waals surface area (Å²) in [5.74, 6) is -1.08. The first-order valence-corrected chi connectivity index (χ1v) is 8.01. The molecule has 0 aliphatic carbocycles. The molecule has 110 valence electrons. The van der Waals surface area contributed by atoms with Gasteiger partial charge in [-0.2, -0.15) is 4.31 Å². The Labute approximate surface area is 119 Å². The summed E-state index contributed by atoms with van der Waals surface area (Å²) in [7, 11) is -3.76. The van der Waals surface area contributed by atoms with Crippen molar-refractivity contribution >= 4 is 16.0 Å².